The van der Waals surface area contributed by atoms with E-state index in [0.29, 0.717) is 0 Å². The number of rotatable bonds is 3. The normalized spacial score (nSPS) is 10.9. The Hall–Kier alpha value is -0.890. The molecule has 0 unspecified atom stereocenters. The molecule has 1 aromatic carbocycles. The van der Waals surface area contributed by atoms with Crippen molar-refractivity contribution in [2.45, 2.75) is 13.3 Å². The summed E-state index contributed by atoms with van der Waals surface area (Å²) < 4.78 is 0. The first-order chi connectivity index (χ1) is 6.24. The minimum absolute atomic E-state index is 0.843. The van der Waals surface area contributed by atoms with Crippen LogP contribution in [-0.2, 0) is 0 Å². The van der Waals surface area contributed by atoms with Gasteiger partial charge in [-0.05, 0) is 36.3 Å². The van der Waals surface area contributed by atoms with Gasteiger partial charge < -0.3 is 5.73 Å². The molecule has 0 bridgehead atoms. The maximum atomic E-state index is 5.83. The summed E-state index contributed by atoms with van der Waals surface area (Å²) in [6.45, 7) is 2.04. The molecule has 0 fully saturated rings. The van der Waals surface area contributed by atoms with Crippen LogP contribution in [0.2, 0.25) is 0 Å². The molecule has 1 aromatic rings. The van der Waals surface area contributed by atoms with Crippen LogP contribution < -0.4 is 5.73 Å². The molecule has 0 spiro atoms. The zero-order chi connectivity index (χ0) is 9.68. The van der Waals surface area contributed by atoms with Crippen LogP contribution in [-0.4, -0.2) is 5.75 Å². The van der Waals surface area contributed by atoms with Crippen molar-refractivity contribution in [2.24, 2.45) is 0 Å². The van der Waals surface area contributed by atoms with Crippen LogP contribution in [0.25, 0.3) is 6.08 Å². The highest BCUT2D eigenvalue weighted by Crippen LogP contribution is 2.15. The molecule has 0 atom stereocenters. The Morgan fingerprint density at radius 3 is 2.85 bits per heavy atom. The SMILES string of the molecule is Cc1ccc(C=CCCS)c(N)c1. The van der Waals surface area contributed by atoms with E-state index in [1.807, 2.05) is 25.1 Å². The van der Waals surface area contributed by atoms with Gasteiger partial charge in [-0.25, -0.2) is 0 Å². The summed E-state index contributed by atoms with van der Waals surface area (Å²) in [6.07, 6.45) is 5.12. The summed E-state index contributed by atoms with van der Waals surface area (Å²) in [6, 6.07) is 6.09. The Bertz CT molecular complexity index is 305. The van der Waals surface area contributed by atoms with Crippen molar-refractivity contribution in [1.29, 1.82) is 0 Å². The van der Waals surface area contributed by atoms with Crippen LogP contribution in [0.4, 0.5) is 5.69 Å². The second-order valence-electron chi connectivity index (χ2n) is 3.05. The van der Waals surface area contributed by atoms with Gasteiger partial charge in [0, 0.05) is 5.69 Å². The molecule has 0 aliphatic heterocycles. The second kappa shape index (κ2) is 4.97. The molecule has 1 nitrogen and oxygen atoms in total. The van der Waals surface area contributed by atoms with Crippen molar-refractivity contribution in [3.8, 4) is 0 Å². The molecule has 0 saturated carbocycles. The van der Waals surface area contributed by atoms with E-state index < -0.39 is 0 Å². The molecule has 0 aliphatic rings. The van der Waals surface area contributed by atoms with Gasteiger partial charge in [-0.1, -0.05) is 24.3 Å². The van der Waals surface area contributed by atoms with Gasteiger partial charge in [0.2, 0.25) is 0 Å². The highest BCUT2D eigenvalue weighted by Gasteiger charge is 1.93. The number of thiol groups is 1. The fourth-order valence-corrected chi connectivity index (χ4v) is 1.28. The molecule has 0 radical (unpaired) electrons. The summed E-state index contributed by atoms with van der Waals surface area (Å²) in [5.41, 5.74) is 8.96. The number of aryl methyl sites for hydroxylation is 1. The molecule has 70 valence electrons. The predicted octanol–water partition coefficient (Wildman–Crippen LogP) is 2.91. The monoisotopic (exact) mass is 193 g/mol. The van der Waals surface area contributed by atoms with Gasteiger partial charge >= 0.3 is 0 Å². The van der Waals surface area contributed by atoms with E-state index >= 15 is 0 Å². The number of nitrogens with two attached hydrogens (primary N) is 1. The van der Waals surface area contributed by atoms with Crippen molar-refractivity contribution >= 4 is 24.4 Å². The molecule has 0 aromatic heterocycles. The Kier molecular flexibility index (Phi) is 3.90. The number of hydrogen-bond acceptors (Lipinski definition) is 2. The highest BCUT2D eigenvalue weighted by molar-refractivity contribution is 7.80. The van der Waals surface area contributed by atoms with Gasteiger partial charge in [0.15, 0.2) is 0 Å². The Morgan fingerprint density at radius 2 is 2.23 bits per heavy atom. The van der Waals surface area contributed by atoms with E-state index in [9.17, 15) is 0 Å². The molecule has 0 heterocycles. The van der Waals surface area contributed by atoms with Crippen molar-refractivity contribution in [3.63, 3.8) is 0 Å². The topological polar surface area (TPSA) is 26.0 Å². The zero-order valence-corrected chi connectivity index (χ0v) is 8.72. The summed E-state index contributed by atoms with van der Waals surface area (Å²) >= 11 is 4.13. The molecule has 1 rings (SSSR count). The molecule has 13 heavy (non-hydrogen) atoms. The molecule has 0 saturated heterocycles. The van der Waals surface area contributed by atoms with Crippen molar-refractivity contribution in [3.05, 3.63) is 35.4 Å². The van der Waals surface area contributed by atoms with E-state index in [2.05, 4.69) is 24.8 Å². The van der Waals surface area contributed by atoms with E-state index in [4.69, 9.17) is 5.73 Å². The van der Waals surface area contributed by atoms with Gasteiger partial charge in [0.25, 0.3) is 0 Å². The lowest BCUT2D eigenvalue weighted by molar-refractivity contribution is 1.26. The average molecular weight is 193 g/mol. The fourth-order valence-electron chi connectivity index (χ4n) is 1.13. The minimum atomic E-state index is 0.843. The highest BCUT2D eigenvalue weighted by atomic mass is 32.1. The van der Waals surface area contributed by atoms with Crippen molar-refractivity contribution in [2.75, 3.05) is 11.5 Å². The van der Waals surface area contributed by atoms with Crippen LogP contribution >= 0.6 is 12.6 Å². The second-order valence-corrected chi connectivity index (χ2v) is 3.49. The van der Waals surface area contributed by atoms with Crippen LogP contribution in [0.1, 0.15) is 17.5 Å². The number of benzene rings is 1. The molecular formula is C11H15NS. The molecule has 0 amide bonds. The number of allylic oxidation sites excluding steroid dienone is 1. The first-order valence-electron chi connectivity index (χ1n) is 4.37. The van der Waals surface area contributed by atoms with Crippen molar-refractivity contribution in [1.82, 2.24) is 0 Å². The summed E-state index contributed by atoms with van der Waals surface area (Å²) in [4.78, 5) is 0. The average Bonchev–Trinajstić information content (AvgIpc) is 2.09. The van der Waals surface area contributed by atoms with Crippen LogP contribution in [0, 0.1) is 6.92 Å². The fraction of sp³-hybridized carbons (Fsp3) is 0.273. The van der Waals surface area contributed by atoms with Crippen LogP contribution in [0.15, 0.2) is 24.3 Å². The summed E-state index contributed by atoms with van der Waals surface area (Å²) in [7, 11) is 0. The first-order valence-corrected chi connectivity index (χ1v) is 5.01. The van der Waals surface area contributed by atoms with Crippen LogP contribution in [0.5, 0.6) is 0 Å². The van der Waals surface area contributed by atoms with Gasteiger partial charge in [-0.3, -0.25) is 0 Å². The number of anilines is 1. The Labute approximate surface area is 85.1 Å². The van der Waals surface area contributed by atoms with Gasteiger partial charge in [-0.15, -0.1) is 0 Å². The maximum Gasteiger partial charge on any atom is 0.0390 e. The third-order valence-electron chi connectivity index (χ3n) is 1.84. The Morgan fingerprint density at radius 1 is 1.46 bits per heavy atom. The van der Waals surface area contributed by atoms with Gasteiger partial charge in [-0.2, -0.15) is 12.6 Å². The molecule has 2 heteroatoms. The van der Waals surface area contributed by atoms with Crippen molar-refractivity contribution < 1.29 is 0 Å². The number of hydrogen-bond donors (Lipinski definition) is 2. The van der Waals surface area contributed by atoms with Gasteiger partial charge in [0.1, 0.15) is 0 Å². The number of nitrogen functional groups attached to an aromatic ring is 1. The third kappa shape index (κ3) is 3.15. The van der Waals surface area contributed by atoms with Gasteiger partial charge in [0.05, 0.1) is 0 Å². The molecular weight excluding hydrogens is 178 g/mol. The van der Waals surface area contributed by atoms with E-state index in [1.54, 1.807) is 0 Å². The maximum absolute atomic E-state index is 5.83. The first kappa shape index (κ1) is 10.2. The van der Waals surface area contributed by atoms with E-state index in [1.165, 1.54) is 5.56 Å². The van der Waals surface area contributed by atoms with E-state index in [0.717, 1.165) is 23.4 Å². The van der Waals surface area contributed by atoms with Crippen LogP contribution in [0.3, 0.4) is 0 Å². The minimum Gasteiger partial charge on any atom is -0.398 e. The largest absolute Gasteiger partial charge is 0.398 e. The quantitative estimate of drug-likeness (QED) is 0.560. The summed E-state index contributed by atoms with van der Waals surface area (Å²) in [5.74, 6) is 0.877. The summed E-state index contributed by atoms with van der Waals surface area (Å²) in [5, 5.41) is 0. The zero-order valence-electron chi connectivity index (χ0n) is 7.83. The smallest absolute Gasteiger partial charge is 0.0390 e. The lowest BCUT2D eigenvalue weighted by Crippen LogP contribution is -1.89. The predicted molar refractivity (Wildman–Crippen MR) is 63.1 cm³/mol. The molecule has 2 N–H and O–H groups in total. The lowest BCUT2D eigenvalue weighted by atomic mass is 10.1. The third-order valence-corrected chi connectivity index (χ3v) is 2.09. The standard InChI is InChI=1S/C11H15NS/c1-9-5-6-10(11(12)8-9)4-2-3-7-13/h2,4-6,8,13H,3,7,12H2,1H3. The lowest BCUT2D eigenvalue weighted by Gasteiger charge is -2.00. The molecule has 0 aliphatic carbocycles. The van der Waals surface area contributed by atoms with E-state index in [-0.39, 0.29) is 0 Å². The Balaban J connectivity index is 2.77.